The molecule has 1 aromatic heterocycles. The number of carboxylic acid groups (broad SMARTS) is 1. The van der Waals surface area contributed by atoms with Crippen molar-refractivity contribution >= 4 is 21.9 Å². The summed E-state index contributed by atoms with van der Waals surface area (Å²) in [5, 5.41) is 13.7. The van der Waals surface area contributed by atoms with Crippen LogP contribution in [0.5, 0.6) is 0 Å². The van der Waals surface area contributed by atoms with Crippen molar-refractivity contribution in [2.24, 2.45) is 0 Å². The molecule has 0 aromatic carbocycles. The van der Waals surface area contributed by atoms with E-state index < -0.39 is 21.2 Å². The Kier molecular flexibility index (Phi) is 3.14. The van der Waals surface area contributed by atoms with Gasteiger partial charge in [0, 0.05) is 0 Å². The van der Waals surface area contributed by atoms with Gasteiger partial charge in [-0.2, -0.15) is 5.10 Å². The van der Waals surface area contributed by atoms with Crippen LogP contribution in [0.15, 0.2) is 12.4 Å². The van der Waals surface area contributed by atoms with E-state index in [0.29, 0.717) is 0 Å². The molecular formula is C6H8N4O4S. The van der Waals surface area contributed by atoms with Gasteiger partial charge in [-0.3, -0.25) is 4.79 Å². The van der Waals surface area contributed by atoms with Crippen molar-refractivity contribution in [3.05, 3.63) is 12.4 Å². The van der Waals surface area contributed by atoms with Crippen molar-refractivity contribution < 1.29 is 18.3 Å². The number of carboxylic acids is 1. The van der Waals surface area contributed by atoms with Gasteiger partial charge in [-0.1, -0.05) is 0 Å². The Morgan fingerprint density at radius 2 is 2.20 bits per heavy atom. The molecule has 1 unspecified atom stereocenters. The number of nitrogens with zero attached hydrogens (tertiary/aromatic N) is 3. The lowest BCUT2D eigenvalue weighted by Crippen LogP contribution is -2.32. The monoisotopic (exact) mass is 232 g/mol. The zero-order valence-electron chi connectivity index (χ0n) is 7.65. The molecule has 1 atom stereocenters. The first kappa shape index (κ1) is 11.3. The molecule has 1 rings (SSSR count). The van der Waals surface area contributed by atoms with Crippen molar-refractivity contribution in [3.63, 3.8) is 0 Å². The van der Waals surface area contributed by atoms with Crippen LogP contribution in [0, 0.1) is 0 Å². The Hall–Kier alpha value is -1.77. The molecule has 0 spiro atoms. The predicted molar refractivity (Wildman–Crippen MR) is 49.5 cm³/mol. The van der Waals surface area contributed by atoms with E-state index in [1.807, 2.05) is 4.72 Å². The quantitative estimate of drug-likeness (QED) is 0.688. The van der Waals surface area contributed by atoms with E-state index in [-0.39, 0.29) is 5.95 Å². The molecule has 9 heteroatoms. The van der Waals surface area contributed by atoms with E-state index in [1.165, 1.54) is 12.4 Å². The van der Waals surface area contributed by atoms with E-state index in [4.69, 9.17) is 5.11 Å². The number of sulfonamides is 1. The van der Waals surface area contributed by atoms with Gasteiger partial charge in [0.15, 0.2) is 5.25 Å². The SMILES string of the molecule is CC(C(=O)O)S(=O)(=O)Nc1nccnn1. The molecule has 0 fully saturated rings. The van der Waals surface area contributed by atoms with Crippen LogP contribution in [0.4, 0.5) is 5.95 Å². The van der Waals surface area contributed by atoms with Crippen LogP contribution in [0.3, 0.4) is 0 Å². The molecule has 8 nitrogen and oxygen atoms in total. The van der Waals surface area contributed by atoms with Crippen LogP contribution in [0.1, 0.15) is 6.92 Å². The van der Waals surface area contributed by atoms with Gasteiger partial charge in [-0.25, -0.2) is 18.1 Å². The van der Waals surface area contributed by atoms with Gasteiger partial charge in [0.25, 0.3) is 5.95 Å². The maximum atomic E-state index is 11.3. The maximum absolute atomic E-state index is 11.3. The number of hydrogen-bond acceptors (Lipinski definition) is 6. The fourth-order valence-corrected chi connectivity index (χ4v) is 1.43. The van der Waals surface area contributed by atoms with Crippen molar-refractivity contribution in [1.82, 2.24) is 15.2 Å². The summed E-state index contributed by atoms with van der Waals surface area (Å²) in [6, 6.07) is 0. The van der Waals surface area contributed by atoms with Crippen LogP contribution >= 0.6 is 0 Å². The lowest BCUT2D eigenvalue weighted by molar-refractivity contribution is -0.136. The summed E-state index contributed by atoms with van der Waals surface area (Å²) in [5.74, 6) is -1.71. The van der Waals surface area contributed by atoms with Gasteiger partial charge in [0.1, 0.15) is 0 Å². The fraction of sp³-hybridized carbons (Fsp3) is 0.333. The van der Waals surface area contributed by atoms with Crippen LogP contribution in [0.2, 0.25) is 0 Å². The molecule has 1 aromatic rings. The Bertz CT molecular complexity index is 445. The summed E-state index contributed by atoms with van der Waals surface area (Å²) < 4.78 is 24.6. The molecule has 0 amide bonds. The standard InChI is InChI=1S/C6H8N4O4S/c1-4(5(11)12)15(13,14)10-6-7-2-3-8-9-6/h2-4H,1H3,(H,11,12)(H,7,9,10). The lowest BCUT2D eigenvalue weighted by atomic mass is 10.5. The predicted octanol–water partition coefficient (Wildman–Crippen LogP) is -0.914. The number of hydrogen-bond donors (Lipinski definition) is 2. The first-order valence-electron chi connectivity index (χ1n) is 3.81. The molecule has 0 saturated heterocycles. The highest BCUT2D eigenvalue weighted by atomic mass is 32.2. The van der Waals surface area contributed by atoms with Crippen LogP contribution in [-0.4, -0.2) is 39.9 Å². The summed E-state index contributed by atoms with van der Waals surface area (Å²) in [5.41, 5.74) is 0. The van der Waals surface area contributed by atoms with Gasteiger partial charge in [-0.15, -0.1) is 5.10 Å². The summed E-state index contributed by atoms with van der Waals surface area (Å²) in [6.45, 7) is 1.04. The smallest absolute Gasteiger partial charge is 0.323 e. The second kappa shape index (κ2) is 4.17. The van der Waals surface area contributed by atoms with Crippen molar-refractivity contribution in [2.75, 3.05) is 4.72 Å². The Morgan fingerprint density at radius 1 is 1.53 bits per heavy atom. The Morgan fingerprint density at radius 3 is 2.67 bits per heavy atom. The Labute approximate surface area is 85.4 Å². The second-order valence-corrected chi connectivity index (χ2v) is 4.60. The summed E-state index contributed by atoms with van der Waals surface area (Å²) >= 11 is 0. The van der Waals surface area contributed by atoms with Crippen molar-refractivity contribution in [3.8, 4) is 0 Å². The van der Waals surface area contributed by atoms with Crippen molar-refractivity contribution in [2.45, 2.75) is 12.2 Å². The molecule has 2 N–H and O–H groups in total. The minimum absolute atomic E-state index is 0.259. The third-order valence-electron chi connectivity index (χ3n) is 1.53. The first-order chi connectivity index (χ1) is 6.93. The highest BCUT2D eigenvalue weighted by Gasteiger charge is 2.28. The second-order valence-electron chi connectivity index (χ2n) is 2.59. The average molecular weight is 232 g/mol. The van der Waals surface area contributed by atoms with E-state index in [2.05, 4.69) is 15.2 Å². The number of aliphatic carboxylic acids is 1. The molecule has 0 aliphatic carbocycles. The van der Waals surface area contributed by atoms with E-state index in [9.17, 15) is 13.2 Å². The number of rotatable bonds is 4. The summed E-state index contributed by atoms with van der Waals surface area (Å²) in [4.78, 5) is 14.0. The minimum Gasteiger partial charge on any atom is -0.480 e. The molecule has 1 heterocycles. The third-order valence-corrected chi connectivity index (χ3v) is 3.13. The normalized spacial score (nSPS) is 13.1. The van der Waals surface area contributed by atoms with Crippen molar-refractivity contribution in [1.29, 1.82) is 0 Å². The molecule has 82 valence electrons. The van der Waals surface area contributed by atoms with Gasteiger partial charge in [0.2, 0.25) is 10.0 Å². The molecule has 0 bridgehead atoms. The fourth-order valence-electron chi connectivity index (χ4n) is 0.643. The van der Waals surface area contributed by atoms with E-state index in [0.717, 1.165) is 6.92 Å². The molecule has 0 radical (unpaired) electrons. The maximum Gasteiger partial charge on any atom is 0.323 e. The Balaban J connectivity index is 2.87. The zero-order chi connectivity index (χ0) is 11.5. The van der Waals surface area contributed by atoms with Crippen LogP contribution < -0.4 is 4.72 Å². The molecule has 0 aliphatic heterocycles. The summed E-state index contributed by atoms with van der Waals surface area (Å²) in [6.07, 6.45) is 2.49. The van der Waals surface area contributed by atoms with Gasteiger partial charge in [-0.05, 0) is 6.92 Å². The highest BCUT2D eigenvalue weighted by Crippen LogP contribution is 2.04. The number of carbonyl (C=O) groups is 1. The van der Waals surface area contributed by atoms with Gasteiger partial charge in [0.05, 0.1) is 12.4 Å². The minimum atomic E-state index is -4.03. The van der Waals surface area contributed by atoms with E-state index >= 15 is 0 Å². The van der Waals surface area contributed by atoms with Gasteiger partial charge >= 0.3 is 5.97 Å². The van der Waals surface area contributed by atoms with Gasteiger partial charge < -0.3 is 5.11 Å². The number of anilines is 1. The first-order valence-corrected chi connectivity index (χ1v) is 5.36. The van der Waals surface area contributed by atoms with E-state index in [1.54, 1.807) is 0 Å². The highest BCUT2D eigenvalue weighted by molar-refractivity contribution is 7.94. The molecular weight excluding hydrogens is 224 g/mol. The molecule has 15 heavy (non-hydrogen) atoms. The lowest BCUT2D eigenvalue weighted by Gasteiger charge is -2.08. The topological polar surface area (TPSA) is 122 Å². The number of aromatic nitrogens is 3. The number of nitrogens with one attached hydrogen (secondary N) is 1. The third kappa shape index (κ3) is 2.84. The zero-order valence-corrected chi connectivity index (χ0v) is 8.47. The summed E-state index contributed by atoms with van der Waals surface area (Å²) in [7, 11) is -4.03. The van der Waals surface area contributed by atoms with Crippen LogP contribution in [0.25, 0.3) is 0 Å². The molecule has 0 aliphatic rings. The average Bonchev–Trinajstić information content (AvgIpc) is 2.17. The largest absolute Gasteiger partial charge is 0.480 e. The molecule has 0 saturated carbocycles. The van der Waals surface area contributed by atoms with Crippen LogP contribution in [-0.2, 0) is 14.8 Å².